The molecule has 1 amide bonds. The van der Waals surface area contributed by atoms with Gasteiger partial charge in [0.1, 0.15) is 0 Å². The summed E-state index contributed by atoms with van der Waals surface area (Å²) < 4.78 is 26.5. The van der Waals surface area contributed by atoms with Crippen LogP contribution in [0.5, 0.6) is 0 Å². The predicted molar refractivity (Wildman–Crippen MR) is 102 cm³/mol. The molecule has 0 saturated heterocycles. The fourth-order valence-electron chi connectivity index (χ4n) is 2.21. The first kappa shape index (κ1) is 19.2. The van der Waals surface area contributed by atoms with Crippen molar-refractivity contribution in [3.63, 3.8) is 0 Å². The molecule has 0 unspecified atom stereocenters. The summed E-state index contributed by atoms with van der Waals surface area (Å²) in [5.41, 5.74) is 0.162. The van der Waals surface area contributed by atoms with E-state index in [0.717, 1.165) is 17.4 Å². The number of anilines is 1. The highest BCUT2D eigenvalue weighted by atomic mass is 35.5. The monoisotopic (exact) mass is 426 g/mol. The molecule has 0 aliphatic heterocycles. The van der Waals surface area contributed by atoms with Crippen molar-refractivity contribution in [2.24, 2.45) is 0 Å². The molecular formula is C15H11ClN4O5S2. The number of fused-ring (bicyclic) bond motifs is 1. The minimum Gasteiger partial charge on any atom is -0.298 e. The minimum absolute atomic E-state index is 0.0570. The lowest BCUT2D eigenvalue weighted by atomic mass is 10.2. The van der Waals surface area contributed by atoms with Gasteiger partial charge in [0.2, 0.25) is 10.0 Å². The van der Waals surface area contributed by atoms with Gasteiger partial charge in [-0.1, -0.05) is 22.9 Å². The number of carbonyl (C=O) groups excluding carboxylic acids is 1. The molecule has 2 N–H and O–H groups in total. The fraction of sp³-hybridized carbons (Fsp3) is 0.0667. The van der Waals surface area contributed by atoms with Crippen molar-refractivity contribution in [2.75, 3.05) is 12.4 Å². The molecule has 0 aliphatic rings. The Labute approximate surface area is 162 Å². The van der Waals surface area contributed by atoms with Gasteiger partial charge in [0.25, 0.3) is 11.6 Å². The van der Waals surface area contributed by atoms with Crippen molar-refractivity contribution in [1.82, 2.24) is 9.71 Å². The molecule has 3 rings (SSSR count). The van der Waals surface area contributed by atoms with E-state index in [1.807, 2.05) is 0 Å². The van der Waals surface area contributed by atoms with Crippen LogP contribution in [0.4, 0.5) is 10.8 Å². The molecule has 12 heteroatoms. The van der Waals surface area contributed by atoms with E-state index >= 15 is 0 Å². The number of thiazole rings is 1. The zero-order chi connectivity index (χ0) is 19.8. The molecule has 0 bridgehead atoms. The molecule has 1 aromatic heterocycles. The van der Waals surface area contributed by atoms with Crippen LogP contribution >= 0.6 is 22.9 Å². The summed E-state index contributed by atoms with van der Waals surface area (Å²) in [4.78, 5) is 26.9. The van der Waals surface area contributed by atoms with E-state index in [1.165, 1.54) is 37.4 Å². The summed E-state index contributed by atoms with van der Waals surface area (Å²) in [6.45, 7) is 0. The largest absolute Gasteiger partial charge is 0.298 e. The number of benzene rings is 2. The van der Waals surface area contributed by atoms with Crippen LogP contribution in [0.2, 0.25) is 5.02 Å². The lowest BCUT2D eigenvalue weighted by Crippen LogP contribution is -2.18. The number of non-ortho nitro benzene ring substituents is 1. The highest BCUT2D eigenvalue weighted by Crippen LogP contribution is 2.29. The van der Waals surface area contributed by atoms with E-state index in [9.17, 15) is 23.3 Å². The van der Waals surface area contributed by atoms with Crippen molar-refractivity contribution in [1.29, 1.82) is 0 Å². The molecule has 3 aromatic rings. The molecule has 0 spiro atoms. The normalized spacial score (nSPS) is 11.5. The number of halogens is 1. The fourth-order valence-corrected chi connectivity index (χ4v) is 4.14. The molecule has 0 atom stereocenters. The summed E-state index contributed by atoms with van der Waals surface area (Å²) in [7, 11) is -2.30. The highest BCUT2D eigenvalue weighted by molar-refractivity contribution is 7.89. The van der Waals surface area contributed by atoms with Gasteiger partial charge in [0.05, 0.1) is 30.6 Å². The molecule has 140 valence electrons. The molecule has 2 aromatic carbocycles. The number of nitro benzene ring substituents is 1. The Morgan fingerprint density at radius 2 is 2.00 bits per heavy atom. The van der Waals surface area contributed by atoms with E-state index < -0.39 is 20.9 Å². The number of hydrogen-bond acceptors (Lipinski definition) is 7. The Kier molecular flexibility index (Phi) is 5.11. The number of amides is 1. The Morgan fingerprint density at radius 3 is 2.67 bits per heavy atom. The van der Waals surface area contributed by atoms with Gasteiger partial charge in [-0.25, -0.2) is 18.1 Å². The van der Waals surface area contributed by atoms with E-state index in [2.05, 4.69) is 15.0 Å². The quantitative estimate of drug-likeness (QED) is 0.476. The highest BCUT2D eigenvalue weighted by Gasteiger charge is 2.18. The maximum absolute atomic E-state index is 12.4. The summed E-state index contributed by atoms with van der Waals surface area (Å²) >= 11 is 7.02. The molecule has 1 heterocycles. The summed E-state index contributed by atoms with van der Waals surface area (Å²) in [6.07, 6.45) is 0. The van der Waals surface area contributed by atoms with Crippen molar-refractivity contribution < 1.29 is 18.1 Å². The average molecular weight is 427 g/mol. The van der Waals surface area contributed by atoms with E-state index in [1.54, 1.807) is 0 Å². The van der Waals surface area contributed by atoms with E-state index in [4.69, 9.17) is 11.6 Å². The van der Waals surface area contributed by atoms with Crippen molar-refractivity contribution in [2.45, 2.75) is 4.90 Å². The zero-order valence-corrected chi connectivity index (χ0v) is 16.0. The molecular weight excluding hydrogens is 416 g/mol. The van der Waals surface area contributed by atoms with Gasteiger partial charge in [-0.15, -0.1) is 0 Å². The molecule has 9 nitrogen and oxygen atoms in total. The second kappa shape index (κ2) is 7.19. The molecule has 0 aliphatic carbocycles. The van der Waals surface area contributed by atoms with Gasteiger partial charge in [-0.2, -0.15) is 0 Å². The van der Waals surface area contributed by atoms with Crippen LogP contribution in [0.25, 0.3) is 10.2 Å². The number of sulfonamides is 1. The Balaban J connectivity index is 1.92. The van der Waals surface area contributed by atoms with Gasteiger partial charge < -0.3 is 0 Å². The second-order valence-corrected chi connectivity index (χ2v) is 8.56. The van der Waals surface area contributed by atoms with Crippen LogP contribution in [0, 0.1) is 10.1 Å². The number of rotatable bonds is 5. The van der Waals surface area contributed by atoms with Gasteiger partial charge in [-0.3, -0.25) is 20.2 Å². The number of carbonyl (C=O) groups is 1. The van der Waals surface area contributed by atoms with Crippen molar-refractivity contribution >= 4 is 59.9 Å². The average Bonchev–Trinajstić information content (AvgIpc) is 3.03. The summed E-state index contributed by atoms with van der Waals surface area (Å²) in [6, 6.07) is 7.89. The molecule has 0 radical (unpaired) electrons. The Bertz CT molecular complexity index is 1180. The number of nitrogens with one attached hydrogen (secondary N) is 2. The first-order chi connectivity index (χ1) is 12.7. The number of aromatic nitrogens is 1. The lowest BCUT2D eigenvalue weighted by molar-refractivity contribution is -0.384. The van der Waals surface area contributed by atoms with Crippen LogP contribution in [0.1, 0.15) is 10.4 Å². The SMILES string of the molecule is CNS(=O)(=O)c1ccc2nc(NC(=O)c3cc([N+](=O)[O-])ccc3Cl)sc2c1. The maximum atomic E-state index is 12.4. The first-order valence-electron chi connectivity index (χ1n) is 7.30. The summed E-state index contributed by atoms with van der Waals surface area (Å²) in [5.74, 6) is -0.661. The van der Waals surface area contributed by atoms with Gasteiger partial charge in [0.15, 0.2) is 5.13 Å². The summed E-state index contributed by atoms with van der Waals surface area (Å²) in [5, 5.41) is 13.7. The third kappa shape index (κ3) is 3.90. The first-order valence-corrected chi connectivity index (χ1v) is 9.98. The number of nitro groups is 1. The standard InChI is InChI=1S/C15H11ClN4O5S2/c1-17-27(24,25)9-3-5-12-13(7-9)26-15(18-12)19-14(21)10-6-8(20(22)23)2-4-11(10)16/h2-7,17H,1H3,(H,18,19,21). The Hall–Kier alpha value is -2.60. The second-order valence-electron chi connectivity index (χ2n) is 5.23. The minimum atomic E-state index is -3.60. The van der Waals surface area contributed by atoms with E-state index in [0.29, 0.717) is 10.2 Å². The molecule has 0 fully saturated rings. The van der Waals surface area contributed by atoms with Gasteiger partial charge >= 0.3 is 0 Å². The molecule has 27 heavy (non-hydrogen) atoms. The number of hydrogen-bond donors (Lipinski definition) is 2. The zero-order valence-electron chi connectivity index (χ0n) is 13.6. The topological polar surface area (TPSA) is 131 Å². The van der Waals surface area contributed by atoms with Gasteiger partial charge in [0, 0.05) is 12.1 Å². The lowest BCUT2D eigenvalue weighted by Gasteiger charge is -2.03. The smallest absolute Gasteiger partial charge is 0.270 e. The van der Waals surface area contributed by atoms with Crippen LogP contribution in [-0.4, -0.2) is 31.3 Å². The molecule has 0 saturated carbocycles. The Morgan fingerprint density at radius 1 is 1.26 bits per heavy atom. The van der Waals surface area contributed by atoms with Crippen LogP contribution in [0.3, 0.4) is 0 Å². The predicted octanol–water partition coefficient (Wildman–Crippen LogP) is 3.02. The van der Waals surface area contributed by atoms with Crippen LogP contribution in [0.15, 0.2) is 41.3 Å². The van der Waals surface area contributed by atoms with Crippen LogP contribution in [-0.2, 0) is 10.0 Å². The van der Waals surface area contributed by atoms with Crippen molar-refractivity contribution in [3.05, 3.63) is 57.1 Å². The van der Waals surface area contributed by atoms with Crippen LogP contribution < -0.4 is 10.0 Å². The van der Waals surface area contributed by atoms with Crippen molar-refractivity contribution in [3.8, 4) is 0 Å². The maximum Gasteiger partial charge on any atom is 0.270 e. The third-order valence-electron chi connectivity index (χ3n) is 3.56. The number of nitrogens with zero attached hydrogens (tertiary/aromatic N) is 2. The van der Waals surface area contributed by atoms with E-state index in [-0.39, 0.29) is 26.3 Å². The third-order valence-corrected chi connectivity index (χ3v) is 6.24. The van der Waals surface area contributed by atoms with Gasteiger partial charge in [-0.05, 0) is 31.3 Å².